The summed E-state index contributed by atoms with van der Waals surface area (Å²) < 4.78 is 11.0. The maximum absolute atomic E-state index is 13.7. The average molecular weight is 530 g/mol. The molecule has 7 heteroatoms. The first kappa shape index (κ1) is 27.0. The Labute approximate surface area is 225 Å². The Balaban J connectivity index is 1.48. The van der Waals surface area contributed by atoms with E-state index in [1.165, 1.54) is 17.8 Å². The highest BCUT2D eigenvalue weighted by Crippen LogP contribution is 2.67. The Hall–Kier alpha value is -1.54. The monoisotopic (exact) mass is 529 g/mol. The van der Waals surface area contributed by atoms with Crippen LogP contribution in [0.4, 0.5) is 0 Å². The first-order valence-corrected chi connectivity index (χ1v) is 14.9. The van der Waals surface area contributed by atoms with E-state index in [9.17, 15) is 14.7 Å². The van der Waals surface area contributed by atoms with Crippen molar-refractivity contribution in [3.05, 3.63) is 34.0 Å². The number of ketones is 1. The highest BCUT2D eigenvalue weighted by atomic mass is 32.1. The molecule has 3 fully saturated rings. The molecule has 7 atom stereocenters. The van der Waals surface area contributed by atoms with Crippen LogP contribution in [0.3, 0.4) is 0 Å². The third-order valence-corrected chi connectivity index (χ3v) is 11.9. The number of carbonyl (C=O) groups excluding carboxylic acids is 2. The molecule has 3 saturated carbocycles. The molecule has 0 radical (unpaired) electrons. The molecule has 0 spiro atoms. The fourth-order valence-electron chi connectivity index (χ4n) is 8.80. The number of carbonyl (C=O) groups is 2. The van der Waals surface area contributed by atoms with E-state index in [0.717, 1.165) is 44.1 Å². The van der Waals surface area contributed by atoms with Crippen LogP contribution in [-0.4, -0.2) is 60.4 Å². The summed E-state index contributed by atoms with van der Waals surface area (Å²) in [6.45, 7) is 6.94. The molecule has 0 aromatic carbocycles. The number of methoxy groups -OCH3 is 2. The van der Waals surface area contributed by atoms with Crippen molar-refractivity contribution in [3.63, 3.8) is 0 Å². The molecule has 6 nitrogen and oxygen atoms in total. The van der Waals surface area contributed by atoms with Gasteiger partial charge in [0.05, 0.1) is 17.0 Å². The Bertz CT molecular complexity index is 1050. The molecule has 4 aliphatic rings. The van der Waals surface area contributed by atoms with Crippen LogP contribution in [0.2, 0.25) is 0 Å². The van der Waals surface area contributed by atoms with E-state index < -0.39 is 17.3 Å². The Morgan fingerprint density at radius 2 is 1.89 bits per heavy atom. The SMILES string of the molecule is COC(CN(C(=O)c1cccs1)C(C)C1CC[C@@]2(O)C3=CC(=O)C4CCCCC4(C)C3CCC12C)OC. The molecule has 0 bridgehead atoms. The molecule has 0 saturated heterocycles. The van der Waals surface area contributed by atoms with Gasteiger partial charge in [-0.05, 0) is 85.8 Å². The van der Waals surface area contributed by atoms with Crippen LogP contribution in [0.15, 0.2) is 29.2 Å². The summed E-state index contributed by atoms with van der Waals surface area (Å²) in [5.41, 5.74) is -0.498. The first-order valence-electron chi connectivity index (χ1n) is 14.0. The van der Waals surface area contributed by atoms with E-state index in [1.54, 1.807) is 14.2 Å². The van der Waals surface area contributed by atoms with Crippen molar-refractivity contribution in [3.8, 4) is 0 Å². The number of fused-ring (bicyclic) bond motifs is 5. The first-order chi connectivity index (χ1) is 17.6. The predicted octanol–water partition coefficient (Wildman–Crippen LogP) is 5.46. The lowest BCUT2D eigenvalue weighted by molar-refractivity contribution is -0.139. The Morgan fingerprint density at radius 1 is 1.14 bits per heavy atom. The summed E-state index contributed by atoms with van der Waals surface area (Å²) in [5.74, 6) is 0.638. The summed E-state index contributed by atoms with van der Waals surface area (Å²) in [4.78, 5) is 29.7. The van der Waals surface area contributed by atoms with Gasteiger partial charge in [-0.3, -0.25) is 9.59 Å². The van der Waals surface area contributed by atoms with Crippen LogP contribution in [0.1, 0.15) is 81.8 Å². The molecular weight excluding hydrogens is 486 g/mol. The second-order valence-corrected chi connectivity index (χ2v) is 13.3. The van der Waals surface area contributed by atoms with Crippen molar-refractivity contribution in [2.75, 3.05) is 20.8 Å². The van der Waals surface area contributed by atoms with E-state index in [-0.39, 0.29) is 40.9 Å². The molecule has 6 unspecified atom stereocenters. The fourth-order valence-corrected chi connectivity index (χ4v) is 9.48. The minimum atomic E-state index is -1.02. The molecule has 1 aromatic rings. The standard InChI is InChI=1S/C30H43NO5S/c1-19(31(18-26(35-4)36-5)27(33)25-10-8-16-37-25)20-12-15-30(34)23-17-24(32)22-9-6-7-13-28(22,2)21(23)11-14-29(20,30)3/h8,10,16-17,19-22,26,34H,6-7,9,11-15,18H2,1-5H3/t19?,20?,21?,22?,28?,29?,30-/m1/s1. The van der Waals surface area contributed by atoms with Gasteiger partial charge in [-0.1, -0.05) is 32.8 Å². The molecule has 1 amide bonds. The van der Waals surface area contributed by atoms with Crippen molar-refractivity contribution >= 4 is 23.0 Å². The summed E-state index contributed by atoms with van der Waals surface area (Å²) in [6.07, 6.45) is 8.99. The molecule has 5 rings (SSSR count). The summed E-state index contributed by atoms with van der Waals surface area (Å²) in [5, 5.41) is 14.4. The normalized spacial score (nSPS) is 38.0. The maximum atomic E-state index is 13.7. The molecule has 1 heterocycles. The van der Waals surface area contributed by atoms with Gasteiger partial charge in [0, 0.05) is 31.6 Å². The van der Waals surface area contributed by atoms with E-state index in [1.807, 2.05) is 28.5 Å². The minimum Gasteiger partial charge on any atom is -0.385 e. The highest BCUT2D eigenvalue weighted by molar-refractivity contribution is 7.12. The number of thiophene rings is 1. The van der Waals surface area contributed by atoms with Crippen LogP contribution in [0.25, 0.3) is 0 Å². The van der Waals surface area contributed by atoms with Crippen LogP contribution < -0.4 is 0 Å². The summed E-state index contributed by atoms with van der Waals surface area (Å²) >= 11 is 1.44. The third-order valence-electron chi connectivity index (χ3n) is 11.0. The number of aliphatic hydroxyl groups is 1. The molecular formula is C30H43NO5S. The molecule has 204 valence electrons. The number of amides is 1. The van der Waals surface area contributed by atoms with Gasteiger partial charge >= 0.3 is 0 Å². The Morgan fingerprint density at radius 3 is 2.57 bits per heavy atom. The van der Waals surface area contributed by atoms with Gasteiger partial charge in [-0.25, -0.2) is 0 Å². The zero-order valence-electron chi connectivity index (χ0n) is 23.0. The zero-order valence-corrected chi connectivity index (χ0v) is 23.8. The van der Waals surface area contributed by atoms with Crippen molar-refractivity contribution in [1.29, 1.82) is 0 Å². The third kappa shape index (κ3) is 4.07. The average Bonchev–Trinajstić information content (AvgIpc) is 3.51. The predicted molar refractivity (Wildman–Crippen MR) is 144 cm³/mol. The van der Waals surface area contributed by atoms with Crippen LogP contribution in [0.5, 0.6) is 0 Å². The molecule has 4 aliphatic carbocycles. The van der Waals surface area contributed by atoms with Crippen LogP contribution in [-0.2, 0) is 14.3 Å². The highest BCUT2D eigenvalue weighted by Gasteiger charge is 2.66. The number of hydrogen-bond acceptors (Lipinski definition) is 6. The van der Waals surface area contributed by atoms with Crippen molar-refractivity contribution in [2.24, 2.45) is 28.6 Å². The zero-order chi connectivity index (χ0) is 26.6. The van der Waals surface area contributed by atoms with Gasteiger partial charge in [0.25, 0.3) is 5.91 Å². The lowest BCUT2D eigenvalue weighted by Gasteiger charge is -2.59. The smallest absolute Gasteiger partial charge is 0.264 e. The van der Waals surface area contributed by atoms with E-state index >= 15 is 0 Å². The van der Waals surface area contributed by atoms with Crippen molar-refractivity contribution in [1.82, 2.24) is 4.90 Å². The Kier molecular flexibility index (Phi) is 7.23. The van der Waals surface area contributed by atoms with E-state index in [4.69, 9.17) is 9.47 Å². The van der Waals surface area contributed by atoms with Gasteiger partial charge in [-0.2, -0.15) is 0 Å². The van der Waals surface area contributed by atoms with Crippen molar-refractivity contribution in [2.45, 2.75) is 90.1 Å². The van der Waals surface area contributed by atoms with Gasteiger partial charge in [0.1, 0.15) is 0 Å². The number of nitrogens with zero attached hydrogens (tertiary/aromatic N) is 1. The summed E-state index contributed by atoms with van der Waals surface area (Å²) in [6, 6.07) is 3.63. The van der Waals surface area contributed by atoms with Gasteiger partial charge in [-0.15, -0.1) is 11.3 Å². The largest absolute Gasteiger partial charge is 0.385 e. The van der Waals surface area contributed by atoms with Gasteiger partial charge in [0.15, 0.2) is 12.1 Å². The quantitative estimate of drug-likeness (QED) is 0.475. The topological polar surface area (TPSA) is 76.1 Å². The molecule has 37 heavy (non-hydrogen) atoms. The number of ether oxygens (including phenoxy) is 2. The number of hydrogen-bond donors (Lipinski definition) is 1. The molecule has 1 aromatic heterocycles. The number of rotatable bonds is 7. The van der Waals surface area contributed by atoms with Crippen LogP contribution in [0, 0.1) is 28.6 Å². The van der Waals surface area contributed by atoms with Gasteiger partial charge in [0.2, 0.25) is 0 Å². The summed E-state index contributed by atoms with van der Waals surface area (Å²) in [7, 11) is 3.18. The molecule has 0 aliphatic heterocycles. The van der Waals surface area contributed by atoms with Gasteiger partial charge < -0.3 is 19.5 Å². The van der Waals surface area contributed by atoms with Crippen LogP contribution >= 0.6 is 11.3 Å². The fraction of sp³-hybridized carbons (Fsp3) is 0.733. The second-order valence-electron chi connectivity index (χ2n) is 12.4. The number of allylic oxidation sites excluding steroid dienone is 1. The lowest BCUT2D eigenvalue weighted by atomic mass is 9.46. The molecule has 1 N–H and O–H groups in total. The van der Waals surface area contributed by atoms with E-state index in [0.29, 0.717) is 17.8 Å². The second kappa shape index (κ2) is 9.89. The maximum Gasteiger partial charge on any atom is 0.264 e. The minimum absolute atomic E-state index is 0.0288. The van der Waals surface area contributed by atoms with E-state index in [2.05, 4.69) is 20.8 Å². The lowest BCUT2D eigenvalue weighted by Crippen LogP contribution is -2.60. The van der Waals surface area contributed by atoms with Crippen molar-refractivity contribution < 1.29 is 24.2 Å².